The first-order valence-corrected chi connectivity index (χ1v) is 10.4. The molecule has 0 amide bonds. The summed E-state index contributed by atoms with van der Waals surface area (Å²) < 4.78 is 17.2. The molecule has 0 radical (unpaired) electrons. The van der Waals surface area contributed by atoms with Gasteiger partial charge in [-0.2, -0.15) is 0 Å². The number of nitrogens with zero attached hydrogens (tertiary/aromatic N) is 1. The average Bonchev–Trinajstić information content (AvgIpc) is 2.80. The predicted molar refractivity (Wildman–Crippen MR) is 120 cm³/mol. The molecule has 2 aromatic rings. The second kappa shape index (κ2) is 10.8. The van der Waals surface area contributed by atoms with E-state index in [1.165, 1.54) is 24.3 Å². The molecular weight excluding hydrogens is 428 g/mol. The Labute approximate surface area is 191 Å². The Kier molecular flexibility index (Phi) is 7.84. The molecule has 0 spiro atoms. The van der Waals surface area contributed by atoms with Crippen molar-refractivity contribution >= 4 is 11.6 Å². The van der Waals surface area contributed by atoms with Gasteiger partial charge in [-0.15, -0.1) is 0 Å². The Morgan fingerprint density at radius 2 is 2.06 bits per heavy atom. The third kappa shape index (κ3) is 6.20. The van der Waals surface area contributed by atoms with Crippen molar-refractivity contribution in [3.63, 3.8) is 0 Å². The highest BCUT2D eigenvalue weighted by Crippen LogP contribution is 2.41. The van der Waals surface area contributed by atoms with Crippen LogP contribution in [0.5, 0.6) is 5.75 Å². The van der Waals surface area contributed by atoms with E-state index < -0.39 is 22.7 Å². The van der Waals surface area contributed by atoms with Crippen LogP contribution in [0.2, 0.25) is 0 Å². The minimum Gasteiger partial charge on any atom is -0.489 e. The van der Waals surface area contributed by atoms with E-state index in [9.17, 15) is 20.0 Å². The standard InChI is InChI=1S/C24H26N2O7/c1-24(2)23(28)22(20-13-18(26(29)30)9-10-21(20)33-24)25-14-19(16-31-12-6-11-27)32-15-17-7-4-3-5-8-17/h3-10,13-14,22-23,25,28H,12,15-16H2,1-2H3/b19-14+/t22-,23+/m0/s1. The summed E-state index contributed by atoms with van der Waals surface area (Å²) in [6.45, 7) is 3.88. The molecule has 0 aliphatic carbocycles. The molecule has 1 heterocycles. The number of hydrogen-bond acceptors (Lipinski definition) is 8. The molecule has 2 N–H and O–H groups in total. The van der Waals surface area contributed by atoms with Gasteiger partial charge in [0.1, 0.15) is 42.4 Å². The van der Waals surface area contributed by atoms with Crippen molar-refractivity contribution in [2.45, 2.75) is 38.2 Å². The summed E-state index contributed by atoms with van der Waals surface area (Å²) in [6.07, 6.45) is 1.76. The number of carbonyl (C=O) groups excluding carboxylic acids is 1. The van der Waals surface area contributed by atoms with Gasteiger partial charge in [-0.05, 0) is 25.5 Å². The molecule has 0 fully saturated rings. The van der Waals surface area contributed by atoms with Gasteiger partial charge in [-0.25, -0.2) is 4.79 Å². The molecule has 33 heavy (non-hydrogen) atoms. The Balaban J connectivity index is 1.84. The lowest BCUT2D eigenvalue weighted by molar-refractivity contribution is -0.385. The topological polar surface area (TPSA) is 120 Å². The zero-order valence-electron chi connectivity index (χ0n) is 18.4. The summed E-state index contributed by atoms with van der Waals surface area (Å²) >= 11 is 0. The number of nitrogens with one attached hydrogen (secondary N) is 1. The summed E-state index contributed by atoms with van der Waals surface area (Å²) in [4.78, 5) is 21.1. The molecule has 0 aromatic heterocycles. The number of hydrogen-bond donors (Lipinski definition) is 2. The van der Waals surface area contributed by atoms with Crippen molar-refractivity contribution in [3.05, 3.63) is 87.8 Å². The van der Waals surface area contributed by atoms with Gasteiger partial charge in [0.25, 0.3) is 5.69 Å². The number of benzene rings is 2. The maximum atomic E-state index is 11.3. The van der Waals surface area contributed by atoms with E-state index in [2.05, 4.69) is 5.32 Å². The van der Waals surface area contributed by atoms with E-state index in [0.29, 0.717) is 17.1 Å². The van der Waals surface area contributed by atoms with Crippen LogP contribution in [0.15, 0.2) is 66.6 Å². The van der Waals surface area contributed by atoms with Crippen LogP contribution in [0.4, 0.5) is 5.69 Å². The number of ether oxygens (including phenoxy) is 3. The number of nitro benzene ring substituents is 1. The van der Waals surface area contributed by atoms with Gasteiger partial charge < -0.3 is 24.6 Å². The lowest BCUT2D eigenvalue weighted by Crippen LogP contribution is -2.51. The molecule has 9 nitrogen and oxygen atoms in total. The molecule has 0 bridgehead atoms. The lowest BCUT2D eigenvalue weighted by Gasteiger charge is -2.42. The normalized spacial score (nSPS) is 18.9. The van der Waals surface area contributed by atoms with Gasteiger partial charge in [0.15, 0.2) is 0 Å². The van der Waals surface area contributed by atoms with Crippen molar-refractivity contribution in [1.82, 2.24) is 5.32 Å². The fourth-order valence-electron chi connectivity index (χ4n) is 3.39. The van der Waals surface area contributed by atoms with Crippen molar-refractivity contribution in [3.8, 4) is 5.75 Å². The highest BCUT2D eigenvalue weighted by molar-refractivity contribution is 5.48. The number of aliphatic hydroxyl groups excluding tert-OH is 1. The zero-order chi connectivity index (χ0) is 23.8. The third-order valence-electron chi connectivity index (χ3n) is 5.16. The van der Waals surface area contributed by atoms with E-state index in [0.717, 1.165) is 5.56 Å². The molecule has 2 atom stereocenters. The molecule has 0 unspecified atom stereocenters. The highest BCUT2D eigenvalue weighted by Gasteiger charge is 2.43. The smallest absolute Gasteiger partial charge is 0.270 e. The maximum absolute atomic E-state index is 11.3. The molecule has 0 saturated heterocycles. The van der Waals surface area contributed by atoms with Gasteiger partial charge in [-0.1, -0.05) is 30.3 Å². The maximum Gasteiger partial charge on any atom is 0.270 e. The molecular formula is C24H26N2O7. The minimum atomic E-state index is -1.02. The molecule has 0 saturated carbocycles. The van der Waals surface area contributed by atoms with E-state index >= 15 is 0 Å². The Hall–Kier alpha value is -3.65. The Bertz CT molecular complexity index is 1050. The van der Waals surface area contributed by atoms with E-state index in [4.69, 9.17) is 14.2 Å². The quantitative estimate of drug-likeness (QED) is 0.185. The number of non-ortho nitro benzene ring substituents is 1. The van der Waals surface area contributed by atoms with Crippen LogP contribution in [0.3, 0.4) is 0 Å². The van der Waals surface area contributed by atoms with Crippen LogP contribution in [0, 0.1) is 10.1 Å². The number of nitro groups is 1. The summed E-state index contributed by atoms with van der Waals surface area (Å²) in [5.41, 5.74) is 0.360. The van der Waals surface area contributed by atoms with Crippen molar-refractivity contribution < 1.29 is 29.0 Å². The van der Waals surface area contributed by atoms with Crippen molar-refractivity contribution in [1.29, 1.82) is 0 Å². The molecule has 2 aromatic carbocycles. The van der Waals surface area contributed by atoms with Crippen LogP contribution in [0.1, 0.15) is 31.0 Å². The summed E-state index contributed by atoms with van der Waals surface area (Å²) in [5.74, 6) is 2.51. The first kappa shape index (κ1) is 24.0. The fourth-order valence-corrected chi connectivity index (χ4v) is 3.39. The van der Waals surface area contributed by atoms with E-state index in [1.54, 1.807) is 26.0 Å². The minimum absolute atomic E-state index is 0.0581. The monoisotopic (exact) mass is 454 g/mol. The number of rotatable bonds is 10. The second-order valence-corrected chi connectivity index (χ2v) is 8.00. The highest BCUT2D eigenvalue weighted by atomic mass is 16.6. The fraction of sp³-hybridized carbons (Fsp3) is 0.333. The second-order valence-electron chi connectivity index (χ2n) is 8.00. The first-order valence-electron chi connectivity index (χ1n) is 10.4. The van der Waals surface area contributed by atoms with E-state index in [1.807, 2.05) is 30.3 Å². The van der Waals surface area contributed by atoms with Crippen LogP contribution < -0.4 is 10.1 Å². The SMILES string of the molecule is CC1(C)Oc2ccc([N+](=O)[O-])cc2[C@H](N/C=C(\COCC=C=O)OCc2ccccc2)[C@H]1O. The Morgan fingerprint density at radius 3 is 2.76 bits per heavy atom. The van der Waals surface area contributed by atoms with E-state index in [-0.39, 0.29) is 25.5 Å². The van der Waals surface area contributed by atoms with Crippen LogP contribution in [0.25, 0.3) is 0 Å². The first-order chi connectivity index (χ1) is 15.8. The molecule has 1 aliphatic rings. The number of aliphatic hydroxyl groups is 1. The Morgan fingerprint density at radius 1 is 1.30 bits per heavy atom. The predicted octanol–water partition coefficient (Wildman–Crippen LogP) is 3.22. The van der Waals surface area contributed by atoms with Crippen LogP contribution in [-0.2, 0) is 20.9 Å². The summed E-state index contributed by atoms with van der Waals surface area (Å²) in [6, 6.07) is 13.1. The van der Waals surface area contributed by atoms with Gasteiger partial charge >= 0.3 is 0 Å². The third-order valence-corrected chi connectivity index (χ3v) is 5.16. The van der Waals surface area contributed by atoms with Crippen LogP contribution in [-0.4, -0.2) is 40.9 Å². The molecule has 1 aliphatic heterocycles. The van der Waals surface area contributed by atoms with Crippen molar-refractivity contribution in [2.24, 2.45) is 0 Å². The summed E-state index contributed by atoms with van der Waals surface area (Å²) in [7, 11) is 0. The summed E-state index contributed by atoms with van der Waals surface area (Å²) in [5, 5.41) is 25.3. The lowest BCUT2D eigenvalue weighted by atomic mass is 9.86. The van der Waals surface area contributed by atoms with Gasteiger partial charge in [0.05, 0.1) is 17.6 Å². The molecule has 174 valence electrons. The molecule has 9 heteroatoms. The van der Waals surface area contributed by atoms with Crippen molar-refractivity contribution in [2.75, 3.05) is 13.2 Å². The number of fused-ring (bicyclic) bond motifs is 1. The largest absolute Gasteiger partial charge is 0.489 e. The average molecular weight is 454 g/mol. The van der Waals surface area contributed by atoms with Gasteiger partial charge in [0.2, 0.25) is 0 Å². The van der Waals surface area contributed by atoms with Gasteiger partial charge in [-0.3, -0.25) is 10.1 Å². The zero-order valence-corrected chi connectivity index (χ0v) is 18.4. The van der Waals surface area contributed by atoms with Crippen LogP contribution >= 0.6 is 0 Å². The van der Waals surface area contributed by atoms with Gasteiger partial charge in [0, 0.05) is 30.0 Å². The molecule has 3 rings (SSSR count).